The highest BCUT2D eigenvalue weighted by atomic mass is 16.1. The van der Waals surface area contributed by atoms with E-state index in [2.05, 4.69) is 13.0 Å². The maximum atomic E-state index is 11.7. The zero-order valence-corrected chi connectivity index (χ0v) is 11.3. The number of hydrogen-bond acceptors (Lipinski definition) is 1. The zero-order valence-electron chi connectivity index (χ0n) is 11.3. The van der Waals surface area contributed by atoms with Crippen LogP contribution in [0, 0.1) is 6.07 Å². The molecule has 0 aliphatic rings. The average Bonchev–Trinajstić information content (AvgIpc) is 2.42. The van der Waals surface area contributed by atoms with E-state index < -0.39 is 0 Å². The summed E-state index contributed by atoms with van der Waals surface area (Å²) in [5.41, 5.74) is 0.650. The summed E-state index contributed by atoms with van der Waals surface area (Å²) in [5.74, 6) is 0.0570. The Labute approximate surface area is 111 Å². The van der Waals surface area contributed by atoms with Crippen molar-refractivity contribution < 1.29 is 4.79 Å². The maximum Gasteiger partial charge on any atom is 0.186 e. The number of carbonyl (C=O) groups excluding carboxylic acids is 1. The number of ketones is 1. The lowest BCUT2D eigenvalue weighted by atomic mass is 10.1. The third-order valence-electron chi connectivity index (χ3n) is 2.97. The molecule has 0 spiro atoms. The van der Waals surface area contributed by atoms with Gasteiger partial charge in [-0.05, 0) is 25.0 Å². The van der Waals surface area contributed by atoms with Crippen LogP contribution in [0.15, 0.2) is 36.4 Å². The van der Waals surface area contributed by atoms with Gasteiger partial charge in [0.25, 0.3) is 0 Å². The summed E-state index contributed by atoms with van der Waals surface area (Å²) in [6.07, 6.45) is 12.4. The minimum Gasteiger partial charge on any atom is -0.289 e. The summed E-state index contributed by atoms with van der Waals surface area (Å²) in [4.78, 5) is 11.7. The van der Waals surface area contributed by atoms with E-state index >= 15 is 0 Å². The molecule has 0 saturated carbocycles. The van der Waals surface area contributed by atoms with Crippen molar-refractivity contribution in [3.63, 3.8) is 0 Å². The fraction of sp³-hybridized carbons (Fsp3) is 0.471. The molecule has 0 bridgehead atoms. The molecule has 1 nitrogen and oxygen atoms in total. The first-order chi connectivity index (χ1) is 8.84. The van der Waals surface area contributed by atoms with Crippen LogP contribution in [0.1, 0.15) is 62.2 Å². The van der Waals surface area contributed by atoms with Crippen LogP contribution in [0.4, 0.5) is 0 Å². The van der Waals surface area contributed by atoms with Crippen molar-refractivity contribution in [1.82, 2.24) is 0 Å². The number of unbranched alkanes of at least 4 members (excludes halogenated alkanes) is 6. The quantitative estimate of drug-likeness (QED) is 0.340. The first-order valence-corrected chi connectivity index (χ1v) is 7.02. The predicted octanol–water partition coefficient (Wildman–Crippen LogP) is 4.98. The van der Waals surface area contributed by atoms with Gasteiger partial charge in [-0.15, -0.1) is 0 Å². The summed E-state index contributed by atoms with van der Waals surface area (Å²) < 4.78 is 0. The second kappa shape index (κ2) is 9.64. The van der Waals surface area contributed by atoms with E-state index in [1.165, 1.54) is 38.5 Å². The van der Waals surface area contributed by atoms with Crippen LogP contribution in [0.2, 0.25) is 0 Å². The highest BCUT2D eigenvalue weighted by Crippen LogP contribution is 2.07. The monoisotopic (exact) mass is 243 g/mol. The van der Waals surface area contributed by atoms with Gasteiger partial charge in [-0.3, -0.25) is 4.79 Å². The molecule has 1 aromatic carbocycles. The van der Waals surface area contributed by atoms with Crippen LogP contribution in [0.25, 0.3) is 0 Å². The molecule has 1 heteroatoms. The highest BCUT2D eigenvalue weighted by molar-refractivity contribution is 6.04. The summed E-state index contributed by atoms with van der Waals surface area (Å²) >= 11 is 0. The van der Waals surface area contributed by atoms with Gasteiger partial charge in [-0.2, -0.15) is 0 Å². The van der Waals surface area contributed by atoms with Crippen LogP contribution >= 0.6 is 0 Å². The normalized spacial score (nSPS) is 10.9. The third-order valence-corrected chi connectivity index (χ3v) is 2.97. The van der Waals surface area contributed by atoms with Gasteiger partial charge in [0.1, 0.15) is 0 Å². The second-order valence-electron chi connectivity index (χ2n) is 4.60. The molecule has 1 radical (unpaired) electrons. The third kappa shape index (κ3) is 6.39. The number of allylic oxidation sites excluding steroid dienone is 2. The molecule has 0 saturated heterocycles. The van der Waals surface area contributed by atoms with Crippen LogP contribution in [-0.2, 0) is 0 Å². The lowest BCUT2D eigenvalue weighted by molar-refractivity contribution is 0.104. The van der Waals surface area contributed by atoms with E-state index in [0.29, 0.717) is 5.56 Å². The lowest BCUT2D eigenvalue weighted by Gasteiger charge is -1.97. The topological polar surface area (TPSA) is 17.1 Å². The van der Waals surface area contributed by atoms with E-state index in [1.54, 1.807) is 18.2 Å². The fourth-order valence-electron chi connectivity index (χ4n) is 1.87. The molecule has 0 atom stereocenters. The van der Waals surface area contributed by atoms with Crippen LogP contribution in [0.5, 0.6) is 0 Å². The molecule has 0 heterocycles. The molecule has 1 aromatic rings. The second-order valence-corrected chi connectivity index (χ2v) is 4.60. The van der Waals surface area contributed by atoms with Gasteiger partial charge in [0.2, 0.25) is 0 Å². The Morgan fingerprint density at radius 3 is 2.67 bits per heavy atom. The van der Waals surface area contributed by atoms with Gasteiger partial charge >= 0.3 is 0 Å². The Morgan fingerprint density at radius 2 is 1.94 bits per heavy atom. The predicted molar refractivity (Wildman–Crippen MR) is 76.7 cm³/mol. The lowest BCUT2D eigenvalue weighted by Crippen LogP contribution is -1.93. The molecule has 0 aliphatic carbocycles. The van der Waals surface area contributed by atoms with Crippen molar-refractivity contribution in [1.29, 1.82) is 0 Å². The Kier molecular flexibility index (Phi) is 7.87. The molecule has 0 N–H and O–H groups in total. The van der Waals surface area contributed by atoms with Crippen molar-refractivity contribution in [3.8, 4) is 0 Å². The Bertz CT molecular complexity index is 351. The van der Waals surface area contributed by atoms with Crippen LogP contribution < -0.4 is 0 Å². The molecule has 0 aromatic heterocycles. The van der Waals surface area contributed by atoms with E-state index in [9.17, 15) is 4.79 Å². The largest absolute Gasteiger partial charge is 0.289 e. The summed E-state index contributed by atoms with van der Waals surface area (Å²) in [6.45, 7) is 2.23. The first kappa shape index (κ1) is 14.7. The van der Waals surface area contributed by atoms with Crippen molar-refractivity contribution in [2.75, 3.05) is 0 Å². The molecule has 18 heavy (non-hydrogen) atoms. The van der Waals surface area contributed by atoms with E-state index in [4.69, 9.17) is 0 Å². The molecule has 97 valence electrons. The first-order valence-electron chi connectivity index (χ1n) is 7.02. The molecule has 0 unspecified atom stereocenters. The van der Waals surface area contributed by atoms with Crippen molar-refractivity contribution in [2.45, 2.75) is 51.9 Å². The maximum absolute atomic E-state index is 11.7. The Hall–Kier alpha value is -1.37. The van der Waals surface area contributed by atoms with E-state index in [0.717, 1.165) is 6.42 Å². The summed E-state index contributed by atoms with van der Waals surface area (Å²) in [7, 11) is 0. The zero-order chi connectivity index (χ0) is 13.1. The van der Waals surface area contributed by atoms with E-state index in [-0.39, 0.29) is 5.78 Å². The van der Waals surface area contributed by atoms with Gasteiger partial charge in [0.15, 0.2) is 5.78 Å². The number of rotatable bonds is 9. The van der Waals surface area contributed by atoms with Crippen LogP contribution in [-0.4, -0.2) is 5.78 Å². The number of hydrogen-bond donors (Lipinski definition) is 0. The van der Waals surface area contributed by atoms with Crippen molar-refractivity contribution >= 4 is 5.78 Å². The molecule has 0 aliphatic heterocycles. The molecular weight excluding hydrogens is 220 g/mol. The molecule has 0 amide bonds. The molecule has 0 fully saturated rings. The minimum atomic E-state index is 0.0570. The molecule has 1 rings (SSSR count). The standard InChI is InChI=1S/C17H23O/c1-2-3-4-5-6-7-8-12-15-17(18)16-13-10-9-11-14-16/h9-13,15H,2-8H2,1H3. The van der Waals surface area contributed by atoms with Crippen molar-refractivity contribution in [3.05, 3.63) is 48.0 Å². The number of benzene rings is 1. The Morgan fingerprint density at radius 1 is 1.17 bits per heavy atom. The summed E-state index contributed by atoms with van der Waals surface area (Å²) in [5, 5.41) is 0. The highest BCUT2D eigenvalue weighted by Gasteiger charge is 1.98. The SMILES string of the molecule is CCCCCCCCC=CC(=O)c1[c]cccc1. The minimum absolute atomic E-state index is 0.0570. The van der Waals surface area contributed by atoms with Gasteiger partial charge in [-0.1, -0.05) is 69.4 Å². The number of carbonyl (C=O) groups is 1. The van der Waals surface area contributed by atoms with Gasteiger partial charge in [0.05, 0.1) is 0 Å². The van der Waals surface area contributed by atoms with Crippen LogP contribution in [0.3, 0.4) is 0 Å². The van der Waals surface area contributed by atoms with Gasteiger partial charge in [-0.25, -0.2) is 0 Å². The van der Waals surface area contributed by atoms with Crippen molar-refractivity contribution in [2.24, 2.45) is 0 Å². The summed E-state index contributed by atoms with van der Waals surface area (Å²) in [6, 6.07) is 10.3. The smallest absolute Gasteiger partial charge is 0.186 e. The van der Waals surface area contributed by atoms with E-state index in [1.807, 2.05) is 18.2 Å². The van der Waals surface area contributed by atoms with Gasteiger partial charge < -0.3 is 0 Å². The fourth-order valence-corrected chi connectivity index (χ4v) is 1.87. The van der Waals surface area contributed by atoms with Gasteiger partial charge in [0, 0.05) is 5.56 Å². The Balaban J connectivity index is 2.12. The molecular formula is C17H23O. The average molecular weight is 243 g/mol.